The number of nitriles is 1. The number of rotatable bonds is 2. The van der Waals surface area contributed by atoms with E-state index in [9.17, 15) is 13.6 Å². The van der Waals surface area contributed by atoms with Gasteiger partial charge in [0.1, 0.15) is 17.2 Å². The van der Waals surface area contributed by atoms with Crippen molar-refractivity contribution in [2.45, 2.75) is 13.8 Å². The number of carbonyl (C=O) groups excluding carboxylic acids is 1. The van der Waals surface area contributed by atoms with E-state index in [2.05, 4.69) is 0 Å². The summed E-state index contributed by atoms with van der Waals surface area (Å²) in [6.45, 7) is 3.67. The molecule has 0 saturated heterocycles. The summed E-state index contributed by atoms with van der Waals surface area (Å²) < 4.78 is 27.9. The third-order valence-electron chi connectivity index (χ3n) is 3.42. The molecule has 0 unspecified atom stereocenters. The first-order chi connectivity index (χ1) is 10.3. The van der Waals surface area contributed by atoms with Gasteiger partial charge < -0.3 is 4.90 Å². The maximum Gasteiger partial charge on any atom is 0.263 e. The van der Waals surface area contributed by atoms with Crippen molar-refractivity contribution in [3.05, 3.63) is 64.2 Å². The molecule has 0 heterocycles. The molecule has 2 aromatic rings. The molecule has 0 bridgehead atoms. The first-order valence-corrected chi connectivity index (χ1v) is 6.59. The van der Waals surface area contributed by atoms with Gasteiger partial charge in [-0.3, -0.25) is 4.79 Å². The molecule has 0 atom stereocenters. The number of hydrogen-bond donors (Lipinski definition) is 0. The van der Waals surface area contributed by atoms with Crippen LogP contribution < -0.4 is 4.90 Å². The molecule has 0 aliphatic rings. The topological polar surface area (TPSA) is 44.1 Å². The largest absolute Gasteiger partial charge is 0.311 e. The van der Waals surface area contributed by atoms with Crippen LogP contribution in [0.4, 0.5) is 14.5 Å². The Morgan fingerprint density at radius 1 is 1.14 bits per heavy atom. The number of benzene rings is 2. The van der Waals surface area contributed by atoms with E-state index >= 15 is 0 Å². The molecule has 0 aliphatic heterocycles. The molecule has 112 valence electrons. The highest BCUT2D eigenvalue weighted by Gasteiger charge is 2.23. The van der Waals surface area contributed by atoms with Crippen molar-refractivity contribution in [2.24, 2.45) is 0 Å². The molecule has 5 heteroatoms. The smallest absolute Gasteiger partial charge is 0.263 e. The summed E-state index contributed by atoms with van der Waals surface area (Å²) in [6.07, 6.45) is 0. The molecule has 0 aliphatic carbocycles. The summed E-state index contributed by atoms with van der Waals surface area (Å²) in [5.74, 6) is -2.88. The molecule has 22 heavy (non-hydrogen) atoms. The predicted molar refractivity (Wildman–Crippen MR) is 79.7 cm³/mol. The monoisotopic (exact) mass is 300 g/mol. The van der Waals surface area contributed by atoms with Crippen LogP contribution in [-0.2, 0) is 0 Å². The lowest BCUT2D eigenvalue weighted by atomic mass is 10.1. The van der Waals surface area contributed by atoms with Crippen LogP contribution in [0, 0.1) is 36.8 Å². The highest BCUT2D eigenvalue weighted by Crippen LogP contribution is 2.24. The summed E-state index contributed by atoms with van der Waals surface area (Å²) >= 11 is 0. The molecular formula is C17H14F2N2O. The van der Waals surface area contributed by atoms with Crippen molar-refractivity contribution in [1.29, 1.82) is 5.26 Å². The van der Waals surface area contributed by atoms with Gasteiger partial charge in [0.2, 0.25) is 0 Å². The first-order valence-electron chi connectivity index (χ1n) is 6.59. The Bertz CT molecular complexity index is 771. The summed E-state index contributed by atoms with van der Waals surface area (Å²) in [6, 6.07) is 8.85. The molecule has 0 aromatic heterocycles. The van der Waals surface area contributed by atoms with Gasteiger partial charge in [-0.15, -0.1) is 0 Å². The Morgan fingerprint density at radius 2 is 1.73 bits per heavy atom. The SMILES string of the molecule is Cc1ccc(C)c(N(C)C(=O)c2c(F)cc(C#N)cc2F)c1. The molecule has 2 rings (SSSR count). The van der Waals surface area contributed by atoms with Crippen LogP contribution >= 0.6 is 0 Å². The van der Waals surface area contributed by atoms with E-state index in [-0.39, 0.29) is 5.56 Å². The Morgan fingerprint density at radius 3 is 2.27 bits per heavy atom. The normalized spacial score (nSPS) is 10.2. The molecule has 0 N–H and O–H groups in total. The zero-order valence-electron chi connectivity index (χ0n) is 12.4. The van der Waals surface area contributed by atoms with Crippen LogP contribution in [0.2, 0.25) is 0 Å². The zero-order valence-corrected chi connectivity index (χ0v) is 12.4. The Labute approximate surface area is 127 Å². The van der Waals surface area contributed by atoms with Gasteiger partial charge in [-0.1, -0.05) is 12.1 Å². The highest BCUT2D eigenvalue weighted by molar-refractivity contribution is 6.06. The van der Waals surface area contributed by atoms with Gasteiger partial charge >= 0.3 is 0 Å². The van der Waals surface area contributed by atoms with Crippen molar-refractivity contribution in [2.75, 3.05) is 11.9 Å². The second-order valence-electron chi connectivity index (χ2n) is 5.08. The van der Waals surface area contributed by atoms with Crippen molar-refractivity contribution >= 4 is 11.6 Å². The fourth-order valence-corrected chi connectivity index (χ4v) is 2.20. The minimum absolute atomic E-state index is 0.166. The van der Waals surface area contributed by atoms with Crippen molar-refractivity contribution in [3.8, 4) is 6.07 Å². The molecule has 0 radical (unpaired) electrons. The average Bonchev–Trinajstić information content (AvgIpc) is 2.47. The minimum atomic E-state index is -1.04. The van der Waals surface area contributed by atoms with Gasteiger partial charge in [0.15, 0.2) is 0 Å². The van der Waals surface area contributed by atoms with Gasteiger partial charge in [0.05, 0.1) is 11.6 Å². The second-order valence-corrected chi connectivity index (χ2v) is 5.08. The number of carbonyl (C=O) groups is 1. The maximum absolute atomic E-state index is 14.0. The fourth-order valence-electron chi connectivity index (χ4n) is 2.20. The lowest BCUT2D eigenvalue weighted by Gasteiger charge is -2.20. The Kier molecular flexibility index (Phi) is 4.22. The zero-order chi connectivity index (χ0) is 16.4. The van der Waals surface area contributed by atoms with Crippen LogP contribution in [0.5, 0.6) is 0 Å². The Hall–Kier alpha value is -2.74. The number of aryl methyl sites for hydroxylation is 2. The number of amides is 1. The van der Waals surface area contributed by atoms with Crippen LogP contribution in [0.1, 0.15) is 27.0 Å². The predicted octanol–water partition coefficient (Wildman–Crippen LogP) is 3.73. The molecule has 2 aromatic carbocycles. The van der Waals surface area contributed by atoms with Gasteiger partial charge in [0.25, 0.3) is 5.91 Å². The van der Waals surface area contributed by atoms with Crippen LogP contribution in [0.15, 0.2) is 30.3 Å². The molecule has 0 fully saturated rings. The van der Waals surface area contributed by atoms with E-state index in [0.717, 1.165) is 23.3 Å². The van der Waals surface area contributed by atoms with Gasteiger partial charge in [-0.05, 0) is 43.2 Å². The summed E-state index contributed by atoms with van der Waals surface area (Å²) in [5.41, 5.74) is 1.49. The van der Waals surface area contributed by atoms with Gasteiger partial charge in [-0.2, -0.15) is 5.26 Å². The van der Waals surface area contributed by atoms with Crippen molar-refractivity contribution < 1.29 is 13.6 Å². The third-order valence-corrected chi connectivity index (χ3v) is 3.42. The van der Waals surface area contributed by atoms with E-state index in [1.54, 1.807) is 12.1 Å². The van der Waals surface area contributed by atoms with E-state index in [1.807, 2.05) is 26.0 Å². The highest BCUT2D eigenvalue weighted by atomic mass is 19.1. The summed E-state index contributed by atoms with van der Waals surface area (Å²) in [7, 11) is 1.46. The third kappa shape index (κ3) is 2.82. The minimum Gasteiger partial charge on any atom is -0.311 e. The quantitative estimate of drug-likeness (QED) is 0.848. The maximum atomic E-state index is 14.0. The fraction of sp³-hybridized carbons (Fsp3) is 0.176. The lowest BCUT2D eigenvalue weighted by molar-refractivity contribution is 0.0985. The number of nitrogens with zero attached hydrogens (tertiary/aromatic N) is 2. The molecule has 0 spiro atoms. The standard InChI is InChI=1S/C17H14F2N2O/c1-10-4-5-11(2)15(6-10)21(3)17(22)16-13(18)7-12(9-20)8-14(16)19/h4-8H,1-3H3. The van der Waals surface area contributed by atoms with Crippen LogP contribution in [-0.4, -0.2) is 13.0 Å². The molecular weight excluding hydrogens is 286 g/mol. The molecule has 1 amide bonds. The van der Waals surface area contributed by atoms with E-state index in [1.165, 1.54) is 11.9 Å². The number of anilines is 1. The first kappa shape index (κ1) is 15.6. The second kappa shape index (κ2) is 5.94. The van der Waals surface area contributed by atoms with Gasteiger partial charge in [-0.25, -0.2) is 8.78 Å². The van der Waals surface area contributed by atoms with Gasteiger partial charge in [0, 0.05) is 12.7 Å². The molecule has 3 nitrogen and oxygen atoms in total. The number of hydrogen-bond acceptors (Lipinski definition) is 2. The summed E-state index contributed by atoms with van der Waals surface area (Å²) in [5, 5.41) is 8.69. The Balaban J connectivity index is 2.48. The van der Waals surface area contributed by atoms with Crippen LogP contribution in [0.3, 0.4) is 0 Å². The lowest BCUT2D eigenvalue weighted by Crippen LogP contribution is -2.29. The number of halogens is 2. The van der Waals surface area contributed by atoms with Crippen molar-refractivity contribution in [1.82, 2.24) is 0 Å². The average molecular weight is 300 g/mol. The van der Waals surface area contributed by atoms with Crippen LogP contribution in [0.25, 0.3) is 0 Å². The van der Waals surface area contributed by atoms with E-state index < -0.39 is 23.1 Å². The van der Waals surface area contributed by atoms with Crippen molar-refractivity contribution in [3.63, 3.8) is 0 Å². The summed E-state index contributed by atoms with van der Waals surface area (Å²) in [4.78, 5) is 13.6. The van der Waals surface area contributed by atoms with E-state index in [4.69, 9.17) is 5.26 Å². The van der Waals surface area contributed by atoms with E-state index in [0.29, 0.717) is 5.69 Å². The molecule has 0 saturated carbocycles.